The van der Waals surface area contributed by atoms with E-state index in [9.17, 15) is 4.79 Å². The van der Waals surface area contributed by atoms with Crippen LogP contribution in [0.15, 0.2) is 0 Å². The molecule has 2 heterocycles. The molecule has 0 radical (unpaired) electrons. The van der Waals surface area contributed by atoms with Crippen LogP contribution >= 0.6 is 0 Å². The second-order valence-corrected chi connectivity index (χ2v) is 5.47. The van der Waals surface area contributed by atoms with Crippen molar-refractivity contribution in [1.82, 2.24) is 15.1 Å². The van der Waals surface area contributed by atoms with Gasteiger partial charge in [-0.2, -0.15) is 0 Å². The number of nitrogens with zero attached hydrogens (tertiary/aromatic N) is 2. The summed E-state index contributed by atoms with van der Waals surface area (Å²) in [4.78, 5) is 16.2. The molecule has 1 saturated carbocycles. The van der Waals surface area contributed by atoms with Gasteiger partial charge >= 0.3 is 6.03 Å². The van der Waals surface area contributed by atoms with Crippen molar-refractivity contribution in [2.75, 3.05) is 26.7 Å². The van der Waals surface area contributed by atoms with Gasteiger partial charge in [0.05, 0.1) is 12.1 Å². The molecule has 4 heteroatoms. The lowest BCUT2D eigenvalue weighted by molar-refractivity contribution is 0.162. The van der Waals surface area contributed by atoms with Crippen LogP contribution < -0.4 is 5.32 Å². The Kier molecular flexibility index (Phi) is 2.54. The maximum absolute atomic E-state index is 12.1. The van der Waals surface area contributed by atoms with Gasteiger partial charge in [-0.05, 0) is 18.8 Å². The molecule has 2 aliphatic heterocycles. The number of likely N-dealkylation sites (N-methyl/N-ethyl adjacent to an activating group) is 1. The lowest BCUT2D eigenvalue weighted by Gasteiger charge is -2.35. The quantitative estimate of drug-likeness (QED) is 0.754. The van der Waals surface area contributed by atoms with Gasteiger partial charge in [-0.15, -0.1) is 0 Å². The molecule has 1 unspecified atom stereocenters. The molecule has 3 fully saturated rings. The van der Waals surface area contributed by atoms with Crippen molar-refractivity contribution in [3.63, 3.8) is 0 Å². The SMILES string of the molecule is CN1C(=O)N(C2CNC2)CC1C1CCCC1. The van der Waals surface area contributed by atoms with Gasteiger partial charge in [0.15, 0.2) is 0 Å². The summed E-state index contributed by atoms with van der Waals surface area (Å²) in [6, 6.07) is 1.19. The summed E-state index contributed by atoms with van der Waals surface area (Å²) in [7, 11) is 1.98. The van der Waals surface area contributed by atoms with Crippen LogP contribution in [0, 0.1) is 5.92 Å². The molecular formula is C12H21N3O. The van der Waals surface area contributed by atoms with Crippen LogP contribution in [0.1, 0.15) is 25.7 Å². The Bertz CT molecular complexity index is 284. The molecule has 0 spiro atoms. The highest BCUT2D eigenvalue weighted by Crippen LogP contribution is 2.34. The molecular weight excluding hydrogens is 202 g/mol. The molecule has 3 rings (SSSR count). The molecule has 0 aromatic heterocycles. The van der Waals surface area contributed by atoms with Crippen LogP contribution in [0.2, 0.25) is 0 Å². The molecule has 2 amide bonds. The van der Waals surface area contributed by atoms with Crippen molar-refractivity contribution in [2.24, 2.45) is 5.92 Å². The highest BCUT2D eigenvalue weighted by molar-refractivity contribution is 5.77. The van der Waals surface area contributed by atoms with Crippen LogP contribution in [0.3, 0.4) is 0 Å². The third-order valence-corrected chi connectivity index (χ3v) is 4.57. The van der Waals surface area contributed by atoms with Crippen LogP contribution in [0.4, 0.5) is 4.79 Å². The number of carbonyl (C=O) groups is 1. The highest BCUT2D eigenvalue weighted by atomic mass is 16.2. The first-order valence-electron chi connectivity index (χ1n) is 6.51. The van der Waals surface area contributed by atoms with Crippen molar-refractivity contribution in [3.8, 4) is 0 Å². The third kappa shape index (κ3) is 1.51. The Labute approximate surface area is 97.0 Å². The van der Waals surface area contributed by atoms with Gasteiger partial charge < -0.3 is 15.1 Å². The number of hydrogen-bond donors (Lipinski definition) is 1. The van der Waals surface area contributed by atoms with Crippen LogP contribution in [-0.4, -0.2) is 54.6 Å². The first-order chi connectivity index (χ1) is 7.77. The van der Waals surface area contributed by atoms with E-state index in [4.69, 9.17) is 0 Å². The molecule has 2 saturated heterocycles. The van der Waals surface area contributed by atoms with Gasteiger partial charge in [0.25, 0.3) is 0 Å². The molecule has 0 bridgehead atoms. The van der Waals surface area contributed by atoms with Gasteiger partial charge in [-0.3, -0.25) is 0 Å². The Hall–Kier alpha value is -0.770. The fraction of sp³-hybridized carbons (Fsp3) is 0.917. The van der Waals surface area contributed by atoms with Crippen molar-refractivity contribution in [1.29, 1.82) is 0 Å². The Balaban J connectivity index is 1.69. The molecule has 16 heavy (non-hydrogen) atoms. The van der Waals surface area contributed by atoms with Crippen LogP contribution in [0.5, 0.6) is 0 Å². The summed E-state index contributed by atoms with van der Waals surface area (Å²) < 4.78 is 0. The number of nitrogens with one attached hydrogen (secondary N) is 1. The Morgan fingerprint density at radius 2 is 1.94 bits per heavy atom. The normalized spacial score (nSPS) is 32.6. The van der Waals surface area contributed by atoms with Gasteiger partial charge in [0.1, 0.15) is 0 Å². The summed E-state index contributed by atoms with van der Waals surface area (Å²) in [5.41, 5.74) is 0. The van der Waals surface area contributed by atoms with E-state index in [1.165, 1.54) is 25.7 Å². The predicted octanol–water partition coefficient (Wildman–Crippen LogP) is 0.884. The lowest BCUT2D eigenvalue weighted by Crippen LogP contribution is -2.58. The van der Waals surface area contributed by atoms with E-state index in [-0.39, 0.29) is 6.03 Å². The van der Waals surface area contributed by atoms with E-state index in [1.54, 1.807) is 0 Å². The number of rotatable bonds is 2. The Morgan fingerprint density at radius 1 is 1.25 bits per heavy atom. The zero-order valence-corrected chi connectivity index (χ0v) is 9.98. The number of hydrogen-bond acceptors (Lipinski definition) is 2. The van der Waals surface area contributed by atoms with E-state index in [0.717, 1.165) is 25.6 Å². The molecule has 0 aromatic carbocycles. The van der Waals surface area contributed by atoms with Gasteiger partial charge in [-0.25, -0.2) is 4.79 Å². The van der Waals surface area contributed by atoms with E-state index in [0.29, 0.717) is 12.1 Å². The minimum absolute atomic E-state index is 0.253. The standard InChI is InChI=1S/C12H21N3O/c1-14-11(9-4-2-3-5-9)8-15(12(14)16)10-6-13-7-10/h9-11,13H,2-8H2,1H3. The zero-order chi connectivity index (χ0) is 11.1. The van der Waals surface area contributed by atoms with Crippen LogP contribution in [0.25, 0.3) is 0 Å². The first kappa shape index (κ1) is 10.4. The third-order valence-electron chi connectivity index (χ3n) is 4.57. The summed E-state index contributed by atoms with van der Waals surface area (Å²) in [5, 5.41) is 3.25. The van der Waals surface area contributed by atoms with E-state index < -0.39 is 0 Å². The van der Waals surface area contributed by atoms with Crippen molar-refractivity contribution >= 4 is 6.03 Å². The van der Waals surface area contributed by atoms with Crippen molar-refractivity contribution in [2.45, 2.75) is 37.8 Å². The predicted molar refractivity (Wildman–Crippen MR) is 62.3 cm³/mol. The van der Waals surface area contributed by atoms with E-state index in [2.05, 4.69) is 10.2 Å². The fourth-order valence-electron chi connectivity index (χ4n) is 3.35. The van der Waals surface area contributed by atoms with Crippen molar-refractivity contribution < 1.29 is 4.79 Å². The van der Waals surface area contributed by atoms with Gasteiger partial charge in [0, 0.05) is 26.7 Å². The summed E-state index contributed by atoms with van der Waals surface area (Å²) >= 11 is 0. The molecule has 4 nitrogen and oxygen atoms in total. The smallest absolute Gasteiger partial charge is 0.320 e. The average molecular weight is 223 g/mol. The monoisotopic (exact) mass is 223 g/mol. The van der Waals surface area contributed by atoms with Gasteiger partial charge in [-0.1, -0.05) is 12.8 Å². The number of carbonyl (C=O) groups excluding carboxylic acids is 1. The molecule has 1 N–H and O–H groups in total. The first-order valence-corrected chi connectivity index (χ1v) is 6.51. The molecule has 1 aliphatic carbocycles. The minimum Gasteiger partial charge on any atom is -0.323 e. The molecule has 3 aliphatic rings. The van der Waals surface area contributed by atoms with E-state index >= 15 is 0 Å². The van der Waals surface area contributed by atoms with Gasteiger partial charge in [0.2, 0.25) is 0 Å². The average Bonchev–Trinajstić information content (AvgIpc) is 2.79. The zero-order valence-electron chi connectivity index (χ0n) is 9.98. The second-order valence-electron chi connectivity index (χ2n) is 5.47. The number of urea groups is 1. The molecule has 1 atom stereocenters. The maximum atomic E-state index is 12.1. The van der Waals surface area contributed by atoms with Crippen LogP contribution in [-0.2, 0) is 0 Å². The maximum Gasteiger partial charge on any atom is 0.320 e. The second kappa shape index (κ2) is 3.91. The number of amides is 2. The molecule has 90 valence electrons. The molecule has 0 aromatic rings. The summed E-state index contributed by atoms with van der Waals surface area (Å²) in [6.07, 6.45) is 5.35. The fourth-order valence-corrected chi connectivity index (χ4v) is 3.35. The highest BCUT2D eigenvalue weighted by Gasteiger charge is 2.43. The lowest BCUT2D eigenvalue weighted by atomic mass is 9.97. The topological polar surface area (TPSA) is 35.6 Å². The van der Waals surface area contributed by atoms with E-state index in [1.807, 2.05) is 11.9 Å². The summed E-state index contributed by atoms with van der Waals surface area (Å²) in [6.45, 7) is 2.93. The largest absolute Gasteiger partial charge is 0.323 e. The Morgan fingerprint density at radius 3 is 2.50 bits per heavy atom. The summed E-state index contributed by atoms with van der Waals surface area (Å²) in [5.74, 6) is 0.756. The van der Waals surface area contributed by atoms with Crippen molar-refractivity contribution in [3.05, 3.63) is 0 Å². The minimum atomic E-state index is 0.253.